The summed E-state index contributed by atoms with van der Waals surface area (Å²) < 4.78 is 0. The first-order chi connectivity index (χ1) is 7.81. The molecule has 2 aliphatic heterocycles. The molecule has 4 heteroatoms. The Morgan fingerprint density at radius 1 is 1.38 bits per heavy atom. The molecule has 2 rings (SSSR count). The molecule has 2 saturated heterocycles. The number of rotatable bonds is 3. The maximum atomic E-state index is 11.9. The second kappa shape index (κ2) is 5.64. The molecule has 1 amide bonds. The summed E-state index contributed by atoms with van der Waals surface area (Å²) in [5, 5.41) is 3.01. The van der Waals surface area contributed by atoms with E-state index in [2.05, 4.69) is 10.2 Å². The number of hydrogen-bond donors (Lipinski definition) is 2. The molecule has 4 nitrogen and oxygen atoms in total. The maximum Gasteiger partial charge on any atom is 0.237 e. The topological polar surface area (TPSA) is 58.4 Å². The van der Waals surface area contributed by atoms with Crippen LogP contribution in [-0.4, -0.2) is 43.0 Å². The van der Waals surface area contributed by atoms with Crippen LogP contribution in [-0.2, 0) is 4.79 Å². The number of hydrogen-bond acceptors (Lipinski definition) is 3. The van der Waals surface area contributed by atoms with E-state index in [4.69, 9.17) is 5.73 Å². The van der Waals surface area contributed by atoms with E-state index in [0.717, 1.165) is 45.4 Å². The van der Waals surface area contributed by atoms with Crippen molar-refractivity contribution in [3.63, 3.8) is 0 Å². The lowest BCUT2D eigenvalue weighted by Gasteiger charge is -2.25. The zero-order chi connectivity index (χ0) is 11.4. The fraction of sp³-hybridized carbons (Fsp3) is 0.917. The van der Waals surface area contributed by atoms with Crippen LogP contribution in [0.25, 0.3) is 0 Å². The van der Waals surface area contributed by atoms with Gasteiger partial charge in [0.1, 0.15) is 0 Å². The summed E-state index contributed by atoms with van der Waals surface area (Å²) in [7, 11) is 0. The van der Waals surface area contributed by atoms with Gasteiger partial charge in [-0.15, -0.1) is 0 Å². The van der Waals surface area contributed by atoms with Gasteiger partial charge in [-0.1, -0.05) is 0 Å². The van der Waals surface area contributed by atoms with Crippen LogP contribution in [0.15, 0.2) is 0 Å². The minimum atomic E-state index is 0.130. The Kier molecular flexibility index (Phi) is 4.18. The molecule has 0 aromatic rings. The summed E-state index contributed by atoms with van der Waals surface area (Å²) in [6, 6.07) is 0.130. The molecule has 0 aromatic heterocycles. The Morgan fingerprint density at radius 3 is 3.06 bits per heavy atom. The van der Waals surface area contributed by atoms with Crippen LogP contribution in [0.2, 0.25) is 0 Å². The highest BCUT2D eigenvalue weighted by atomic mass is 16.2. The Hall–Kier alpha value is -0.610. The summed E-state index contributed by atoms with van der Waals surface area (Å²) in [4.78, 5) is 14.3. The first-order valence-electron chi connectivity index (χ1n) is 6.53. The Labute approximate surface area is 97.6 Å². The molecule has 16 heavy (non-hydrogen) atoms. The van der Waals surface area contributed by atoms with E-state index in [9.17, 15) is 4.79 Å². The van der Waals surface area contributed by atoms with Crippen molar-refractivity contribution in [3.05, 3.63) is 0 Å². The minimum Gasteiger partial charge on any atom is -0.355 e. The van der Waals surface area contributed by atoms with Crippen molar-refractivity contribution >= 4 is 5.91 Å². The van der Waals surface area contributed by atoms with Crippen LogP contribution >= 0.6 is 0 Å². The van der Waals surface area contributed by atoms with Gasteiger partial charge in [-0.05, 0) is 51.1 Å². The van der Waals surface area contributed by atoms with Crippen LogP contribution in [0, 0.1) is 5.92 Å². The second-order valence-corrected chi connectivity index (χ2v) is 5.03. The van der Waals surface area contributed by atoms with Crippen LogP contribution in [0.3, 0.4) is 0 Å². The van der Waals surface area contributed by atoms with Crippen molar-refractivity contribution in [2.75, 3.05) is 26.2 Å². The number of nitrogens with two attached hydrogens (primary N) is 1. The predicted molar refractivity (Wildman–Crippen MR) is 64.0 cm³/mol. The molecule has 2 atom stereocenters. The Morgan fingerprint density at radius 2 is 2.25 bits per heavy atom. The van der Waals surface area contributed by atoms with Gasteiger partial charge in [-0.3, -0.25) is 9.69 Å². The van der Waals surface area contributed by atoms with E-state index < -0.39 is 0 Å². The molecule has 2 fully saturated rings. The third kappa shape index (κ3) is 2.74. The molecule has 0 bridgehead atoms. The highest BCUT2D eigenvalue weighted by molar-refractivity contribution is 5.81. The first kappa shape index (κ1) is 11.9. The highest BCUT2D eigenvalue weighted by Gasteiger charge is 2.32. The summed E-state index contributed by atoms with van der Waals surface area (Å²) in [6.45, 7) is 3.77. The monoisotopic (exact) mass is 225 g/mol. The molecule has 3 N–H and O–H groups in total. The summed E-state index contributed by atoms with van der Waals surface area (Å²) in [5.74, 6) is 0.951. The molecule has 0 aliphatic carbocycles. The average Bonchev–Trinajstić information content (AvgIpc) is 2.61. The second-order valence-electron chi connectivity index (χ2n) is 5.03. The smallest absolute Gasteiger partial charge is 0.237 e. The van der Waals surface area contributed by atoms with Crippen LogP contribution in [0.1, 0.15) is 32.1 Å². The van der Waals surface area contributed by atoms with E-state index in [1.807, 2.05) is 0 Å². The van der Waals surface area contributed by atoms with Gasteiger partial charge in [0, 0.05) is 13.1 Å². The SMILES string of the molecule is NCCC1CCN(C2CCCCNC2=O)C1. The number of carbonyl (C=O) groups is 1. The molecule has 2 aliphatic rings. The first-order valence-corrected chi connectivity index (χ1v) is 6.53. The zero-order valence-electron chi connectivity index (χ0n) is 9.95. The molecule has 0 spiro atoms. The summed E-state index contributed by atoms with van der Waals surface area (Å²) >= 11 is 0. The van der Waals surface area contributed by atoms with Gasteiger partial charge in [0.2, 0.25) is 5.91 Å². The molecule has 0 aromatic carbocycles. The molecular weight excluding hydrogens is 202 g/mol. The number of likely N-dealkylation sites (tertiary alicyclic amines) is 1. The van der Waals surface area contributed by atoms with Gasteiger partial charge in [0.15, 0.2) is 0 Å². The van der Waals surface area contributed by atoms with Crippen LogP contribution in [0.5, 0.6) is 0 Å². The Balaban J connectivity index is 1.89. The number of nitrogens with zero attached hydrogens (tertiary/aromatic N) is 1. The maximum absolute atomic E-state index is 11.9. The van der Waals surface area contributed by atoms with E-state index in [-0.39, 0.29) is 11.9 Å². The zero-order valence-corrected chi connectivity index (χ0v) is 9.95. The molecule has 0 radical (unpaired) electrons. The normalized spacial score (nSPS) is 32.4. The van der Waals surface area contributed by atoms with Crippen molar-refractivity contribution in [1.29, 1.82) is 0 Å². The average molecular weight is 225 g/mol. The van der Waals surface area contributed by atoms with Crippen LogP contribution in [0.4, 0.5) is 0 Å². The lowest BCUT2D eigenvalue weighted by atomic mass is 10.1. The number of nitrogens with one attached hydrogen (secondary N) is 1. The van der Waals surface area contributed by atoms with E-state index in [1.54, 1.807) is 0 Å². The molecular formula is C12H23N3O. The van der Waals surface area contributed by atoms with Gasteiger partial charge in [0.25, 0.3) is 0 Å². The van der Waals surface area contributed by atoms with Crippen molar-refractivity contribution in [2.45, 2.75) is 38.1 Å². The van der Waals surface area contributed by atoms with Gasteiger partial charge >= 0.3 is 0 Å². The van der Waals surface area contributed by atoms with Gasteiger partial charge in [0.05, 0.1) is 6.04 Å². The summed E-state index contributed by atoms with van der Waals surface area (Å²) in [6.07, 6.45) is 5.64. The van der Waals surface area contributed by atoms with E-state index in [1.165, 1.54) is 12.8 Å². The number of carbonyl (C=O) groups excluding carboxylic acids is 1. The van der Waals surface area contributed by atoms with E-state index >= 15 is 0 Å². The summed E-state index contributed by atoms with van der Waals surface area (Å²) in [5.41, 5.74) is 5.59. The van der Waals surface area contributed by atoms with Gasteiger partial charge in [-0.2, -0.15) is 0 Å². The lowest BCUT2D eigenvalue weighted by Crippen LogP contribution is -2.44. The van der Waals surface area contributed by atoms with Crippen molar-refractivity contribution < 1.29 is 4.79 Å². The van der Waals surface area contributed by atoms with E-state index in [0.29, 0.717) is 5.92 Å². The van der Waals surface area contributed by atoms with Gasteiger partial charge in [-0.25, -0.2) is 0 Å². The molecule has 92 valence electrons. The van der Waals surface area contributed by atoms with Crippen molar-refractivity contribution in [1.82, 2.24) is 10.2 Å². The van der Waals surface area contributed by atoms with Crippen molar-refractivity contribution in [3.8, 4) is 0 Å². The van der Waals surface area contributed by atoms with Crippen molar-refractivity contribution in [2.24, 2.45) is 11.7 Å². The fourth-order valence-electron chi connectivity index (χ4n) is 2.89. The molecule has 2 unspecified atom stereocenters. The standard InChI is InChI=1S/C12H23N3O/c13-6-4-10-5-8-15(9-10)11-3-1-2-7-14-12(11)16/h10-11H,1-9,13H2,(H,14,16). The number of amides is 1. The molecule has 2 heterocycles. The van der Waals surface area contributed by atoms with Gasteiger partial charge < -0.3 is 11.1 Å². The highest BCUT2D eigenvalue weighted by Crippen LogP contribution is 2.23. The fourth-order valence-corrected chi connectivity index (χ4v) is 2.89. The Bertz CT molecular complexity index is 244. The minimum absolute atomic E-state index is 0.130. The molecule has 0 saturated carbocycles. The van der Waals surface area contributed by atoms with Crippen LogP contribution < -0.4 is 11.1 Å². The third-order valence-corrected chi connectivity index (χ3v) is 3.84. The largest absolute Gasteiger partial charge is 0.355 e. The lowest BCUT2D eigenvalue weighted by molar-refractivity contribution is -0.125. The third-order valence-electron chi connectivity index (χ3n) is 3.84. The quantitative estimate of drug-likeness (QED) is 0.727. The predicted octanol–water partition coefficient (Wildman–Crippen LogP) is 0.326.